The summed E-state index contributed by atoms with van der Waals surface area (Å²) in [5.74, 6) is 0. The molecule has 0 bridgehead atoms. The van der Waals surface area contributed by atoms with Crippen molar-refractivity contribution in [3.63, 3.8) is 0 Å². The Kier molecular flexibility index (Phi) is 2.92. The molecule has 0 amide bonds. The first kappa shape index (κ1) is 12.5. The van der Waals surface area contributed by atoms with Gasteiger partial charge in [0.05, 0.1) is 0 Å². The van der Waals surface area contributed by atoms with E-state index in [4.69, 9.17) is 0 Å². The summed E-state index contributed by atoms with van der Waals surface area (Å²) in [5, 5.41) is 0. The molecule has 0 saturated carbocycles. The van der Waals surface area contributed by atoms with Crippen LogP contribution in [0, 0.1) is 0 Å². The lowest BCUT2D eigenvalue weighted by molar-refractivity contribution is -0.364. The second-order valence-electron chi connectivity index (χ2n) is 3.21. The van der Waals surface area contributed by atoms with E-state index in [9.17, 15) is 30.7 Å². The van der Waals surface area contributed by atoms with Crippen LogP contribution in [-0.2, 0) is 4.74 Å². The highest BCUT2D eigenvalue weighted by atomic mass is 19.4. The number of halogens is 7. The third-order valence-corrected chi connectivity index (χ3v) is 2.20. The van der Waals surface area contributed by atoms with Gasteiger partial charge in [-0.2, -0.15) is 26.3 Å². The zero-order valence-corrected chi connectivity index (χ0v) is 7.25. The molecule has 8 heteroatoms. The summed E-state index contributed by atoms with van der Waals surface area (Å²) in [6.07, 6.45) is -15.1. The Labute approximate surface area is 80.2 Å². The van der Waals surface area contributed by atoms with Gasteiger partial charge in [0.15, 0.2) is 0 Å². The molecule has 0 aromatic carbocycles. The van der Waals surface area contributed by atoms with Gasteiger partial charge in [-0.3, -0.25) is 0 Å². The predicted molar refractivity (Wildman–Crippen MR) is 34.9 cm³/mol. The highest BCUT2D eigenvalue weighted by Gasteiger charge is 2.76. The van der Waals surface area contributed by atoms with Crippen LogP contribution >= 0.6 is 0 Å². The molecule has 90 valence electrons. The van der Waals surface area contributed by atoms with Gasteiger partial charge in [-0.1, -0.05) is 0 Å². The summed E-state index contributed by atoms with van der Waals surface area (Å²) in [5.41, 5.74) is -5.27. The topological polar surface area (TPSA) is 9.23 Å². The molecule has 1 nitrogen and oxygen atoms in total. The van der Waals surface area contributed by atoms with Crippen LogP contribution in [0.3, 0.4) is 0 Å². The van der Waals surface area contributed by atoms with Crippen LogP contribution in [0.2, 0.25) is 0 Å². The Balaban J connectivity index is 3.06. The number of rotatable bonds is 1. The van der Waals surface area contributed by atoms with E-state index >= 15 is 0 Å². The Morgan fingerprint density at radius 2 is 1.33 bits per heavy atom. The minimum Gasteiger partial charge on any atom is -0.374 e. The van der Waals surface area contributed by atoms with E-state index in [1.54, 1.807) is 0 Å². The fourth-order valence-electron chi connectivity index (χ4n) is 1.42. The lowest BCUT2D eigenvalue weighted by Crippen LogP contribution is -2.60. The van der Waals surface area contributed by atoms with Crippen molar-refractivity contribution in [3.8, 4) is 0 Å². The maximum atomic E-state index is 13.1. The zero-order valence-electron chi connectivity index (χ0n) is 7.25. The van der Waals surface area contributed by atoms with E-state index in [1.165, 1.54) is 0 Å². The largest absolute Gasteiger partial charge is 0.434 e. The van der Waals surface area contributed by atoms with E-state index in [0.29, 0.717) is 0 Å². The maximum absolute atomic E-state index is 13.1. The third kappa shape index (κ3) is 1.91. The summed E-state index contributed by atoms with van der Waals surface area (Å²) in [6, 6.07) is 0. The fourth-order valence-corrected chi connectivity index (χ4v) is 1.42. The Morgan fingerprint density at radius 3 is 1.60 bits per heavy atom. The first-order chi connectivity index (χ1) is 6.61. The fraction of sp³-hybridized carbons (Fsp3) is 1.00. The van der Waals surface area contributed by atoms with E-state index in [2.05, 4.69) is 4.74 Å². The Morgan fingerprint density at radius 1 is 0.867 bits per heavy atom. The molecule has 1 fully saturated rings. The SMILES string of the molecule is FC(F)(F)C(F)(C1CCCO1)C(F)(F)F. The van der Waals surface area contributed by atoms with Crippen LogP contribution in [0.5, 0.6) is 0 Å². The predicted octanol–water partition coefficient (Wildman–Crippen LogP) is 3.00. The molecule has 1 aliphatic rings. The van der Waals surface area contributed by atoms with E-state index in [0.717, 1.165) is 0 Å². The van der Waals surface area contributed by atoms with E-state index in [-0.39, 0.29) is 13.0 Å². The Hall–Kier alpha value is -0.530. The van der Waals surface area contributed by atoms with Crippen molar-refractivity contribution in [2.75, 3.05) is 6.61 Å². The van der Waals surface area contributed by atoms with Crippen molar-refractivity contribution in [1.29, 1.82) is 0 Å². The molecular formula is C7H7F7O. The van der Waals surface area contributed by atoms with Gasteiger partial charge in [-0.15, -0.1) is 0 Å². The minimum absolute atomic E-state index is 0.0114. The zero-order chi connectivity index (χ0) is 11.9. The quantitative estimate of drug-likeness (QED) is 0.640. The van der Waals surface area contributed by atoms with E-state index in [1.807, 2.05) is 0 Å². The summed E-state index contributed by atoms with van der Waals surface area (Å²) in [4.78, 5) is 0. The van der Waals surface area contributed by atoms with Crippen molar-refractivity contribution in [3.05, 3.63) is 0 Å². The van der Waals surface area contributed by atoms with E-state index < -0.39 is 30.5 Å². The smallest absolute Gasteiger partial charge is 0.374 e. The van der Waals surface area contributed by atoms with Gasteiger partial charge in [-0.25, -0.2) is 4.39 Å². The van der Waals surface area contributed by atoms with Gasteiger partial charge in [0.25, 0.3) is 0 Å². The molecule has 1 saturated heterocycles. The minimum atomic E-state index is -6.01. The van der Waals surface area contributed by atoms with Gasteiger partial charge in [0.2, 0.25) is 0 Å². The number of hydrogen-bond acceptors (Lipinski definition) is 1. The standard InChI is InChI=1S/C7H7F7O/c8-5(6(9,10)11,7(12,13)14)4-2-1-3-15-4/h4H,1-3H2. The summed E-state index contributed by atoms with van der Waals surface area (Å²) >= 11 is 0. The van der Waals surface area contributed by atoms with Crippen LogP contribution < -0.4 is 0 Å². The summed E-state index contributed by atoms with van der Waals surface area (Å²) in [6.45, 7) is -0.289. The number of hydrogen-bond donors (Lipinski definition) is 0. The maximum Gasteiger partial charge on any atom is 0.434 e. The van der Waals surface area contributed by atoms with Gasteiger partial charge in [0.1, 0.15) is 6.10 Å². The first-order valence-corrected chi connectivity index (χ1v) is 4.04. The molecule has 1 atom stereocenters. The van der Waals surface area contributed by atoms with Crippen molar-refractivity contribution in [2.24, 2.45) is 0 Å². The molecule has 1 unspecified atom stereocenters. The molecule has 1 rings (SSSR count). The molecule has 0 spiro atoms. The molecule has 1 heterocycles. The normalized spacial score (nSPS) is 24.6. The highest BCUT2D eigenvalue weighted by molar-refractivity contribution is 5.02. The van der Waals surface area contributed by atoms with Crippen LogP contribution in [-0.4, -0.2) is 30.7 Å². The number of alkyl halides is 7. The molecule has 0 radical (unpaired) electrons. The van der Waals surface area contributed by atoms with Crippen molar-refractivity contribution >= 4 is 0 Å². The first-order valence-electron chi connectivity index (χ1n) is 4.04. The number of ether oxygens (including phenoxy) is 1. The van der Waals surface area contributed by atoms with Crippen molar-refractivity contribution < 1.29 is 35.5 Å². The lowest BCUT2D eigenvalue weighted by atomic mass is 9.95. The Bertz CT molecular complexity index is 210. The highest BCUT2D eigenvalue weighted by Crippen LogP contribution is 2.51. The third-order valence-electron chi connectivity index (χ3n) is 2.20. The summed E-state index contributed by atoms with van der Waals surface area (Å²) in [7, 11) is 0. The molecule has 0 aliphatic carbocycles. The monoisotopic (exact) mass is 240 g/mol. The van der Waals surface area contributed by atoms with Crippen LogP contribution in [0.4, 0.5) is 30.7 Å². The molecule has 15 heavy (non-hydrogen) atoms. The molecule has 1 aliphatic heterocycles. The average Bonchev–Trinajstić information content (AvgIpc) is 2.49. The van der Waals surface area contributed by atoms with Gasteiger partial charge in [-0.05, 0) is 12.8 Å². The van der Waals surface area contributed by atoms with Crippen molar-refractivity contribution in [2.45, 2.75) is 37.0 Å². The van der Waals surface area contributed by atoms with Crippen molar-refractivity contribution in [1.82, 2.24) is 0 Å². The second kappa shape index (κ2) is 3.50. The van der Waals surface area contributed by atoms with Gasteiger partial charge in [0, 0.05) is 6.61 Å². The van der Waals surface area contributed by atoms with Crippen LogP contribution in [0.25, 0.3) is 0 Å². The van der Waals surface area contributed by atoms with Crippen LogP contribution in [0.15, 0.2) is 0 Å². The molecule has 0 aromatic heterocycles. The summed E-state index contributed by atoms with van der Waals surface area (Å²) < 4.78 is 89.8. The molecule has 0 aromatic rings. The second-order valence-corrected chi connectivity index (χ2v) is 3.21. The van der Waals surface area contributed by atoms with Crippen LogP contribution in [0.1, 0.15) is 12.8 Å². The average molecular weight is 240 g/mol. The van der Waals surface area contributed by atoms with Gasteiger partial charge < -0.3 is 4.74 Å². The lowest BCUT2D eigenvalue weighted by Gasteiger charge is -2.33. The molecule has 0 N–H and O–H groups in total. The van der Waals surface area contributed by atoms with Gasteiger partial charge >= 0.3 is 18.0 Å². The molecular weight excluding hydrogens is 233 g/mol.